The van der Waals surface area contributed by atoms with Gasteiger partial charge in [-0.2, -0.15) is 0 Å². The van der Waals surface area contributed by atoms with Crippen LogP contribution in [0.3, 0.4) is 0 Å². The second-order valence-electron chi connectivity index (χ2n) is 6.02. The van der Waals surface area contributed by atoms with E-state index in [1.165, 1.54) is 0 Å². The van der Waals surface area contributed by atoms with E-state index in [0.717, 1.165) is 48.3 Å². The first-order valence-electron chi connectivity index (χ1n) is 7.66. The van der Waals surface area contributed by atoms with Gasteiger partial charge in [0, 0.05) is 5.92 Å². The fraction of sp³-hybridized carbons (Fsp3) is 0.647. The maximum atomic E-state index is 9.20. The van der Waals surface area contributed by atoms with Gasteiger partial charge in [-0.15, -0.1) is 0 Å². The third-order valence-electron chi connectivity index (χ3n) is 4.70. The minimum absolute atomic E-state index is 0.0335. The van der Waals surface area contributed by atoms with Gasteiger partial charge in [0.15, 0.2) is 6.29 Å². The normalized spacial score (nSPS) is 22.4. The maximum absolute atomic E-state index is 9.20. The molecule has 0 spiro atoms. The summed E-state index contributed by atoms with van der Waals surface area (Å²) in [5.41, 5.74) is 2.23. The largest absolute Gasteiger partial charge is 0.496 e. The van der Waals surface area contributed by atoms with E-state index in [0.29, 0.717) is 12.5 Å². The predicted octanol–water partition coefficient (Wildman–Crippen LogP) is 2.81. The Kier molecular flexibility index (Phi) is 5.48. The van der Waals surface area contributed by atoms with Crippen molar-refractivity contribution in [2.45, 2.75) is 45.8 Å². The van der Waals surface area contributed by atoms with Gasteiger partial charge >= 0.3 is 0 Å². The lowest BCUT2D eigenvalue weighted by molar-refractivity contribution is -0.0967. The summed E-state index contributed by atoms with van der Waals surface area (Å²) in [5, 5.41) is 18.4. The van der Waals surface area contributed by atoms with Crippen LogP contribution >= 0.6 is 0 Å². The van der Waals surface area contributed by atoms with Gasteiger partial charge in [-0.05, 0) is 68.7 Å². The summed E-state index contributed by atoms with van der Waals surface area (Å²) in [6.45, 7) is 4.78. The summed E-state index contributed by atoms with van der Waals surface area (Å²) in [6, 6.07) is 3.90. The Morgan fingerprint density at radius 2 is 1.62 bits per heavy atom. The van der Waals surface area contributed by atoms with Crippen molar-refractivity contribution in [1.29, 1.82) is 0 Å². The summed E-state index contributed by atoms with van der Waals surface area (Å²) in [4.78, 5) is 0. The Morgan fingerprint density at radius 1 is 1.05 bits per heavy atom. The van der Waals surface area contributed by atoms with Crippen LogP contribution in [0.5, 0.6) is 11.5 Å². The second kappa shape index (κ2) is 7.14. The van der Waals surface area contributed by atoms with Crippen molar-refractivity contribution >= 4 is 0 Å². The highest BCUT2D eigenvalue weighted by atomic mass is 16.5. The minimum Gasteiger partial charge on any atom is -0.496 e. The van der Waals surface area contributed by atoms with Crippen molar-refractivity contribution in [2.75, 3.05) is 13.7 Å². The molecule has 4 nitrogen and oxygen atoms in total. The zero-order chi connectivity index (χ0) is 15.4. The molecule has 1 aromatic carbocycles. The van der Waals surface area contributed by atoms with Crippen molar-refractivity contribution in [3.63, 3.8) is 0 Å². The number of aliphatic hydroxyl groups excluding tert-OH is 1. The molecule has 1 fully saturated rings. The third kappa shape index (κ3) is 3.89. The molecule has 0 unspecified atom stereocenters. The number of methoxy groups -OCH3 is 1. The van der Waals surface area contributed by atoms with Crippen LogP contribution in [0.2, 0.25) is 0 Å². The van der Waals surface area contributed by atoms with E-state index in [-0.39, 0.29) is 5.92 Å². The fourth-order valence-electron chi connectivity index (χ4n) is 3.01. The highest BCUT2D eigenvalue weighted by molar-refractivity contribution is 5.47. The molecule has 0 aliphatic heterocycles. The summed E-state index contributed by atoms with van der Waals surface area (Å²) in [6.07, 6.45) is 2.56. The van der Waals surface area contributed by atoms with Crippen LogP contribution in [0, 0.1) is 25.7 Å². The molecule has 0 heterocycles. The van der Waals surface area contributed by atoms with Crippen molar-refractivity contribution in [1.82, 2.24) is 0 Å². The lowest BCUT2D eigenvalue weighted by Crippen LogP contribution is -2.27. The molecule has 0 amide bonds. The Balaban J connectivity index is 1.88. The lowest BCUT2D eigenvalue weighted by Gasteiger charge is -2.29. The zero-order valence-corrected chi connectivity index (χ0v) is 13.1. The van der Waals surface area contributed by atoms with Gasteiger partial charge in [0.25, 0.3) is 0 Å². The van der Waals surface area contributed by atoms with Gasteiger partial charge in [-0.3, -0.25) is 0 Å². The molecule has 118 valence electrons. The molecule has 1 aromatic rings. The highest BCUT2D eigenvalue weighted by Crippen LogP contribution is 2.33. The standard InChI is InChI=1S/C17H26O4/c1-11-12(2)16(9-8-15(11)20-3)21-10-13-4-6-14(7-5-13)17(18)19/h8-9,13-14,17-19H,4-7,10H2,1-3H3. The molecule has 0 atom stereocenters. The van der Waals surface area contributed by atoms with E-state index < -0.39 is 6.29 Å². The quantitative estimate of drug-likeness (QED) is 0.820. The molecule has 0 radical (unpaired) electrons. The zero-order valence-electron chi connectivity index (χ0n) is 13.1. The van der Waals surface area contributed by atoms with Crippen LogP contribution in [0.4, 0.5) is 0 Å². The molecule has 2 N–H and O–H groups in total. The molecule has 0 bridgehead atoms. The topological polar surface area (TPSA) is 58.9 Å². The Labute approximate surface area is 126 Å². The Morgan fingerprint density at radius 3 is 2.19 bits per heavy atom. The Bertz CT molecular complexity index is 462. The van der Waals surface area contributed by atoms with E-state index >= 15 is 0 Å². The number of rotatable bonds is 5. The molecule has 0 aromatic heterocycles. The maximum Gasteiger partial charge on any atom is 0.154 e. The second-order valence-corrected chi connectivity index (χ2v) is 6.02. The first kappa shape index (κ1) is 16.1. The fourth-order valence-corrected chi connectivity index (χ4v) is 3.01. The van der Waals surface area contributed by atoms with E-state index in [1.807, 2.05) is 26.0 Å². The monoisotopic (exact) mass is 294 g/mol. The molecule has 21 heavy (non-hydrogen) atoms. The van der Waals surface area contributed by atoms with Gasteiger partial charge in [-0.25, -0.2) is 0 Å². The van der Waals surface area contributed by atoms with Gasteiger partial charge in [0.05, 0.1) is 13.7 Å². The van der Waals surface area contributed by atoms with E-state index in [4.69, 9.17) is 9.47 Å². The van der Waals surface area contributed by atoms with Crippen LogP contribution in [0.15, 0.2) is 12.1 Å². The van der Waals surface area contributed by atoms with Crippen LogP contribution in [-0.2, 0) is 0 Å². The van der Waals surface area contributed by atoms with Gasteiger partial charge in [0.1, 0.15) is 11.5 Å². The molecule has 4 heteroatoms. The number of ether oxygens (including phenoxy) is 2. The molecule has 1 aliphatic rings. The number of aliphatic hydroxyl groups is 2. The van der Waals surface area contributed by atoms with Gasteiger partial charge < -0.3 is 19.7 Å². The van der Waals surface area contributed by atoms with Crippen LogP contribution in [0.25, 0.3) is 0 Å². The number of hydrogen-bond acceptors (Lipinski definition) is 4. The first-order valence-corrected chi connectivity index (χ1v) is 7.66. The van der Waals surface area contributed by atoms with E-state index in [9.17, 15) is 10.2 Å². The first-order chi connectivity index (χ1) is 10.0. The summed E-state index contributed by atoms with van der Waals surface area (Å²) >= 11 is 0. The number of benzene rings is 1. The van der Waals surface area contributed by atoms with Crippen molar-refractivity contribution in [2.24, 2.45) is 11.8 Å². The summed E-state index contributed by atoms with van der Waals surface area (Å²) in [7, 11) is 1.68. The average molecular weight is 294 g/mol. The highest BCUT2D eigenvalue weighted by Gasteiger charge is 2.25. The van der Waals surface area contributed by atoms with Crippen LogP contribution < -0.4 is 9.47 Å². The minimum atomic E-state index is -1.17. The van der Waals surface area contributed by atoms with E-state index in [1.54, 1.807) is 7.11 Å². The third-order valence-corrected chi connectivity index (χ3v) is 4.70. The van der Waals surface area contributed by atoms with Crippen LogP contribution in [-0.4, -0.2) is 30.2 Å². The summed E-state index contributed by atoms with van der Waals surface area (Å²) < 4.78 is 11.3. The smallest absolute Gasteiger partial charge is 0.154 e. The molecule has 1 saturated carbocycles. The van der Waals surface area contributed by atoms with Gasteiger partial charge in [-0.1, -0.05) is 0 Å². The molecular formula is C17H26O4. The average Bonchev–Trinajstić information content (AvgIpc) is 2.49. The summed E-state index contributed by atoms with van der Waals surface area (Å²) in [5.74, 6) is 2.34. The molecule has 1 aliphatic carbocycles. The SMILES string of the molecule is COc1ccc(OCC2CCC(C(O)O)CC2)c(C)c1C. The molecular weight excluding hydrogens is 268 g/mol. The van der Waals surface area contributed by atoms with Crippen molar-refractivity contribution in [3.05, 3.63) is 23.3 Å². The van der Waals surface area contributed by atoms with Crippen LogP contribution in [0.1, 0.15) is 36.8 Å². The predicted molar refractivity (Wildman–Crippen MR) is 81.6 cm³/mol. The molecule has 2 rings (SSSR count). The van der Waals surface area contributed by atoms with E-state index in [2.05, 4.69) is 0 Å². The van der Waals surface area contributed by atoms with Crippen molar-refractivity contribution < 1.29 is 19.7 Å². The van der Waals surface area contributed by atoms with Crippen molar-refractivity contribution in [3.8, 4) is 11.5 Å². The lowest BCUT2D eigenvalue weighted by atomic mass is 9.82. The molecule has 0 saturated heterocycles. The number of hydrogen-bond donors (Lipinski definition) is 2. The van der Waals surface area contributed by atoms with Gasteiger partial charge in [0.2, 0.25) is 0 Å². The Hall–Kier alpha value is -1.26.